The lowest BCUT2D eigenvalue weighted by atomic mass is 9.66. The van der Waals surface area contributed by atoms with Crippen LogP contribution in [0.5, 0.6) is 0 Å². The summed E-state index contributed by atoms with van der Waals surface area (Å²) < 4.78 is 7.20. The Morgan fingerprint density at radius 2 is 1.97 bits per heavy atom. The molecule has 4 heterocycles. The number of aliphatic hydroxyl groups is 3. The van der Waals surface area contributed by atoms with Gasteiger partial charge in [0.2, 0.25) is 5.28 Å². The number of aromatic nitrogens is 4. The molecule has 1 aliphatic carbocycles. The van der Waals surface area contributed by atoms with Crippen molar-refractivity contribution in [3.63, 3.8) is 0 Å². The zero-order valence-electron chi connectivity index (χ0n) is 16.6. The fourth-order valence-electron chi connectivity index (χ4n) is 5.21. The molecule has 6 rings (SSSR count). The third-order valence-electron chi connectivity index (χ3n) is 6.96. The molecule has 3 N–H and O–H groups in total. The molecule has 31 heavy (non-hydrogen) atoms. The van der Waals surface area contributed by atoms with Gasteiger partial charge in [-0.2, -0.15) is 9.97 Å². The fraction of sp³-hybridized carbons (Fsp3) is 0.476. The number of aliphatic hydroxyl groups excluding tert-OH is 3. The molecule has 3 aromatic rings. The lowest BCUT2D eigenvalue weighted by Gasteiger charge is -2.39. The smallest absolute Gasteiger partial charge is 0.226 e. The highest BCUT2D eigenvalue weighted by Gasteiger charge is 2.48. The number of para-hydroxylation sites is 1. The fourth-order valence-corrected chi connectivity index (χ4v) is 5.37. The summed E-state index contributed by atoms with van der Waals surface area (Å²) in [4.78, 5) is 15.5. The molecule has 1 saturated heterocycles. The maximum absolute atomic E-state index is 10.5. The standard InChI is InChI=1S/C21H22ClN5O4/c22-20-24-17(26-9-21(6-3-7-21)11-4-1-2-5-12(11)26)14-18(25-20)27(10-23-14)19-16(30)15(29)13(8-28)31-19/h1-2,4-5,10,13,15-16,19,28-30H,3,6-9H2/t13-,15?,16+,19-/m1/s1. The molecular formula is C21H22ClN5O4. The van der Waals surface area contributed by atoms with Gasteiger partial charge in [0.15, 0.2) is 23.2 Å². The van der Waals surface area contributed by atoms with E-state index in [1.54, 1.807) is 0 Å². The van der Waals surface area contributed by atoms with Crippen LogP contribution in [0.15, 0.2) is 30.6 Å². The van der Waals surface area contributed by atoms with Crippen LogP contribution in [0, 0.1) is 0 Å². The monoisotopic (exact) mass is 443 g/mol. The van der Waals surface area contributed by atoms with Gasteiger partial charge in [-0.15, -0.1) is 0 Å². The van der Waals surface area contributed by atoms with Crippen molar-refractivity contribution >= 4 is 34.3 Å². The average molecular weight is 444 g/mol. The van der Waals surface area contributed by atoms with Crippen molar-refractivity contribution in [1.82, 2.24) is 19.5 Å². The number of halogens is 1. The minimum atomic E-state index is -1.24. The van der Waals surface area contributed by atoms with E-state index < -0.39 is 31.1 Å². The first-order valence-electron chi connectivity index (χ1n) is 10.4. The van der Waals surface area contributed by atoms with Gasteiger partial charge in [0, 0.05) is 17.6 Å². The first-order valence-corrected chi connectivity index (χ1v) is 10.8. The topological polar surface area (TPSA) is 117 Å². The highest BCUT2D eigenvalue weighted by Crippen LogP contribution is 2.54. The molecule has 1 unspecified atom stereocenters. The van der Waals surface area contributed by atoms with Crippen LogP contribution in [0.2, 0.25) is 5.28 Å². The molecule has 0 amide bonds. The number of rotatable bonds is 3. The molecule has 2 aliphatic heterocycles. The van der Waals surface area contributed by atoms with Crippen molar-refractivity contribution in [2.45, 2.75) is 49.2 Å². The molecule has 162 valence electrons. The van der Waals surface area contributed by atoms with E-state index in [4.69, 9.17) is 16.3 Å². The summed E-state index contributed by atoms with van der Waals surface area (Å²) in [6.07, 6.45) is 0.699. The largest absolute Gasteiger partial charge is 0.394 e. The first-order chi connectivity index (χ1) is 15.0. The summed E-state index contributed by atoms with van der Waals surface area (Å²) >= 11 is 6.32. The van der Waals surface area contributed by atoms with Crippen molar-refractivity contribution in [2.24, 2.45) is 0 Å². The Balaban J connectivity index is 1.47. The van der Waals surface area contributed by atoms with Crippen molar-refractivity contribution in [3.05, 3.63) is 41.4 Å². The van der Waals surface area contributed by atoms with Crippen LogP contribution in [0.1, 0.15) is 31.1 Å². The Morgan fingerprint density at radius 1 is 1.16 bits per heavy atom. The summed E-state index contributed by atoms with van der Waals surface area (Å²) in [6, 6.07) is 8.36. The van der Waals surface area contributed by atoms with Gasteiger partial charge in [0.25, 0.3) is 0 Å². The average Bonchev–Trinajstić information content (AvgIpc) is 3.40. The van der Waals surface area contributed by atoms with Crippen LogP contribution in [0.4, 0.5) is 11.5 Å². The van der Waals surface area contributed by atoms with E-state index in [1.165, 1.54) is 22.9 Å². The van der Waals surface area contributed by atoms with Gasteiger partial charge < -0.3 is 25.0 Å². The van der Waals surface area contributed by atoms with Crippen LogP contribution in [-0.4, -0.2) is 66.3 Å². The van der Waals surface area contributed by atoms with E-state index in [-0.39, 0.29) is 10.7 Å². The van der Waals surface area contributed by atoms with Gasteiger partial charge in [-0.05, 0) is 36.1 Å². The summed E-state index contributed by atoms with van der Waals surface area (Å²) in [5.74, 6) is 0.608. The molecule has 1 saturated carbocycles. The molecule has 1 spiro atoms. The molecule has 4 atom stereocenters. The number of hydrogen-bond acceptors (Lipinski definition) is 8. The van der Waals surface area contributed by atoms with Crippen LogP contribution >= 0.6 is 11.6 Å². The van der Waals surface area contributed by atoms with Gasteiger partial charge >= 0.3 is 0 Å². The Bertz CT molecular complexity index is 1170. The van der Waals surface area contributed by atoms with Crippen molar-refractivity contribution in [2.75, 3.05) is 18.1 Å². The quantitative estimate of drug-likeness (QED) is 0.523. The van der Waals surface area contributed by atoms with Gasteiger partial charge in [0.05, 0.1) is 12.9 Å². The number of nitrogens with zero attached hydrogens (tertiary/aromatic N) is 5. The van der Waals surface area contributed by atoms with Crippen LogP contribution in [0.3, 0.4) is 0 Å². The van der Waals surface area contributed by atoms with Crippen LogP contribution in [-0.2, 0) is 10.2 Å². The van der Waals surface area contributed by atoms with Crippen molar-refractivity contribution < 1.29 is 20.1 Å². The second-order valence-corrected chi connectivity index (χ2v) is 8.94. The van der Waals surface area contributed by atoms with E-state index in [1.807, 2.05) is 6.07 Å². The number of benzene rings is 1. The molecule has 10 heteroatoms. The van der Waals surface area contributed by atoms with E-state index in [0.717, 1.165) is 25.1 Å². The summed E-state index contributed by atoms with van der Waals surface area (Å²) in [6.45, 7) is 0.393. The zero-order valence-corrected chi connectivity index (χ0v) is 17.4. The molecule has 0 bridgehead atoms. The first kappa shape index (κ1) is 19.4. The SMILES string of the molecule is OC[C@H]1O[C@@H](n2cnc3c(N4CC5(CCC5)c5ccccc54)nc(Cl)nc32)[C@@H](O)C1O. The predicted octanol–water partition coefficient (Wildman–Crippen LogP) is 1.66. The summed E-state index contributed by atoms with van der Waals surface area (Å²) in [7, 11) is 0. The second-order valence-electron chi connectivity index (χ2n) is 8.61. The number of fused-ring (bicyclic) bond motifs is 3. The second kappa shape index (κ2) is 6.85. The molecule has 2 aromatic heterocycles. The van der Waals surface area contributed by atoms with Gasteiger partial charge in [0.1, 0.15) is 18.3 Å². The zero-order chi connectivity index (χ0) is 21.3. The summed E-state index contributed by atoms with van der Waals surface area (Å²) in [5, 5.41) is 30.1. The molecule has 1 aromatic carbocycles. The Morgan fingerprint density at radius 3 is 2.68 bits per heavy atom. The molecule has 3 aliphatic rings. The number of anilines is 2. The lowest BCUT2D eigenvalue weighted by molar-refractivity contribution is -0.0511. The number of hydrogen-bond donors (Lipinski definition) is 3. The third kappa shape index (κ3) is 2.68. The maximum Gasteiger partial charge on any atom is 0.226 e. The number of ether oxygens (including phenoxy) is 1. The lowest BCUT2D eigenvalue weighted by Crippen LogP contribution is -2.38. The molecule has 0 radical (unpaired) electrons. The maximum atomic E-state index is 10.5. The van der Waals surface area contributed by atoms with Crippen LogP contribution in [0.25, 0.3) is 11.2 Å². The van der Waals surface area contributed by atoms with Crippen molar-refractivity contribution in [1.29, 1.82) is 0 Å². The third-order valence-corrected chi connectivity index (χ3v) is 7.13. The Kier molecular flexibility index (Phi) is 4.28. The highest BCUT2D eigenvalue weighted by molar-refractivity contribution is 6.28. The van der Waals surface area contributed by atoms with Gasteiger partial charge in [-0.3, -0.25) is 4.57 Å². The van der Waals surface area contributed by atoms with E-state index >= 15 is 0 Å². The minimum Gasteiger partial charge on any atom is -0.394 e. The van der Waals surface area contributed by atoms with E-state index in [2.05, 4.69) is 38.1 Å². The molecule has 2 fully saturated rings. The summed E-state index contributed by atoms with van der Waals surface area (Å²) in [5.41, 5.74) is 3.49. The molecular weight excluding hydrogens is 422 g/mol. The van der Waals surface area contributed by atoms with E-state index in [9.17, 15) is 15.3 Å². The Labute approximate surface area is 182 Å². The molecule has 9 nitrogen and oxygen atoms in total. The minimum absolute atomic E-state index is 0.0584. The Hall–Kier alpha value is -2.30. The van der Waals surface area contributed by atoms with Crippen LogP contribution < -0.4 is 4.90 Å². The van der Waals surface area contributed by atoms with Crippen molar-refractivity contribution in [3.8, 4) is 0 Å². The van der Waals surface area contributed by atoms with Gasteiger partial charge in [-0.1, -0.05) is 24.6 Å². The van der Waals surface area contributed by atoms with Gasteiger partial charge in [-0.25, -0.2) is 4.98 Å². The number of imidazole rings is 1. The normalized spacial score (nSPS) is 29.0. The van der Waals surface area contributed by atoms with E-state index in [0.29, 0.717) is 17.0 Å². The predicted molar refractivity (Wildman–Crippen MR) is 112 cm³/mol. The highest BCUT2D eigenvalue weighted by atomic mass is 35.5.